The number of hydrogen-bond donors (Lipinski definition) is 4. The van der Waals surface area contributed by atoms with Crippen LogP contribution in [-0.2, 0) is 9.59 Å². The van der Waals surface area contributed by atoms with Gasteiger partial charge >= 0.3 is 18.0 Å². The van der Waals surface area contributed by atoms with Gasteiger partial charge in [-0.25, -0.2) is 9.59 Å². The average Bonchev–Trinajstić information content (AvgIpc) is 2.21. The van der Waals surface area contributed by atoms with Crippen LogP contribution in [0.4, 0.5) is 4.79 Å². The van der Waals surface area contributed by atoms with Gasteiger partial charge < -0.3 is 20.8 Å². The summed E-state index contributed by atoms with van der Waals surface area (Å²) in [5, 5.41) is 22.2. The molecular weight excluding hydrogens is 240 g/mol. The van der Waals surface area contributed by atoms with Crippen molar-refractivity contribution in [1.29, 1.82) is 0 Å². The van der Waals surface area contributed by atoms with Crippen molar-refractivity contribution in [3.05, 3.63) is 0 Å². The Morgan fingerprint density at radius 1 is 1.22 bits per heavy atom. The van der Waals surface area contributed by atoms with Crippen molar-refractivity contribution >= 4 is 18.0 Å². The summed E-state index contributed by atoms with van der Waals surface area (Å²) in [5.74, 6) is -1.83. The van der Waals surface area contributed by atoms with Crippen LogP contribution in [0.2, 0.25) is 0 Å². The summed E-state index contributed by atoms with van der Waals surface area (Å²) in [6.45, 7) is 0.539. The fraction of sp³-hybridized carbons (Fsp3) is 0.727. The number of aliphatic carboxylic acids is 2. The summed E-state index contributed by atoms with van der Waals surface area (Å²) in [6.07, 6.45) is 2.93. The molecule has 1 fully saturated rings. The lowest BCUT2D eigenvalue weighted by Gasteiger charge is -2.25. The molecular formula is C11H18N2O5. The first-order valence-corrected chi connectivity index (χ1v) is 5.98. The van der Waals surface area contributed by atoms with Gasteiger partial charge in [-0.05, 0) is 25.2 Å². The van der Waals surface area contributed by atoms with E-state index in [1.54, 1.807) is 0 Å². The molecule has 0 aromatic rings. The van der Waals surface area contributed by atoms with Crippen LogP contribution in [0.1, 0.15) is 32.1 Å². The Morgan fingerprint density at radius 2 is 1.89 bits per heavy atom. The van der Waals surface area contributed by atoms with Crippen LogP contribution in [0.15, 0.2) is 0 Å². The van der Waals surface area contributed by atoms with Gasteiger partial charge in [0, 0.05) is 13.0 Å². The molecule has 1 saturated carbocycles. The third kappa shape index (κ3) is 5.03. The minimum absolute atomic E-state index is 0.123. The predicted octanol–water partition coefficient (Wildman–Crippen LogP) is 0.404. The number of hydrogen-bond acceptors (Lipinski definition) is 3. The highest BCUT2D eigenvalue weighted by Gasteiger charge is 2.22. The van der Waals surface area contributed by atoms with Gasteiger partial charge in [0.05, 0.1) is 0 Å². The number of urea groups is 1. The highest BCUT2D eigenvalue weighted by atomic mass is 16.4. The molecule has 1 rings (SSSR count). The van der Waals surface area contributed by atoms with Crippen LogP contribution in [0.3, 0.4) is 0 Å². The molecule has 102 valence electrons. The Bertz CT molecular complexity index is 327. The third-order valence-electron chi connectivity index (χ3n) is 3.03. The van der Waals surface area contributed by atoms with Gasteiger partial charge in [-0.15, -0.1) is 0 Å². The van der Waals surface area contributed by atoms with E-state index in [4.69, 9.17) is 10.2 Å². The number of rotatable bonds is 7. The first kappa shape index (κ1) is 14.3. The van der Waals surface area contributed by atoms with Crippen LogP contribution < -0.4 is 10.6 Å². The lowest BCUT2D eigenvalue weighted by Crippen LogP contribution is -2.47. The number of carboxylic acids is 2. The molecule has 0 spiro atoms. The Balaban J connectivity index is 2.27. The van der Waals surface area contributed by atoms with Crippen LogP contribution in [0, 0.1) is 5.92 Å². The molecule has 18 heavy (non-hydrogen) atoms. The van der Waals surface area contributed by atoms with Crippen LogP contribution in [0.25, 0.3) is 0 Å². The van der Waals surface area contributed by atoms with E-state index in [1.165, 1.54) is 6.42 Å². The van der Waals surface area contributed by atoms with Crippen molar-refractivity contribution in [1.82, 2.24) is 10.6 Å². The van der Waals surface area contributed by atoms with Crippen molar-refractivity contribution in [2.75, 3.05) is 6.54 Å². The second kappa shape index (κ2) is 6.83. The number of nitrogens with one attached hydrogen (secondary N) is 2. The summed E-state index contributed by atoms with van der Waals surface area (Å²) in [6, 6.07) is -1.72. The van der Waals surface area contributed by atoms with Crippen LogP contribution in [0.5, 0.6) is 0 Å². The fourth-order valence-electron chi connectivity index (χ4n) is 1.67. The minimum Gasteiger partial charge on any atom is -0.481 e. The van der Waals surface area contributed by atoms with Crippen molar-refractivity contribution in [3.63, 3.8) is 0 Å². The number of carbonyl (C=O) groups is 3. The van der Waals surface area contributed by atoms with Crippen molar-refractivity contribution < 1.29 is 24.6 Å². The summed E-state index contributed by atoms with van der Waals surface area (Å²) >= 11 is 0. The number of carboxylic acid groups (broad SMARTS) is 2. The van der Waals surface area contributed by atoms with E-state index >= 15 is 0 Å². The molecule has 0 saturated heterocycles. The van der Waals surface area contributed by atoms with E-state index in [2.05, 4.69) is 10.6 Å². The molecule has 1 atom stereocenters. The van der Waals surface area contributed by atoms with E-state index in [0.29, 0.717) is 12.5 Å². The van der Waals surface area contributed by atoms with Gasteiger partial charge in [0.1, 0.15) is 6.04 Å². The topological polar surface area (TPSA) is 116 Å². The lowest BCUT2D eigenvalue weighted by atomic mass is 9.85. The second-order valence-corrected chi connectivity index (χ2v) is 4.47. The average molecular weight is 258 g/mol. The Labute approximate surface area is 105 Å². The van der Waals surface area contributed by atoms with Crippen LogP contribution >= 0.6 is 0 Å². The molecule has 0 bridgehead atoms. The summed E-state index contributed by atoms with van der Waals surface area (Å²) in [4.78, 5) is 32.6. The molecule has 0 aromatic carbocycles. The third-order valence-corrected chi connectivity index (χ3v) is 3.03. The molecule has 0 radical (unpaired) electrons. The van der Waals surface area contributed by atoms with E-state index < -0.39 is 24.0 Å². The van der Waals surface area contributed by atoms with Gasteiger partial charge in [0.2, 0.25) is 0 Å². The molecule has 0 aliphatic heterocycles. The normalized spacial score (nSPS) is 16.4. The maximum Gasteiger partial charge on any atom is 0.326 e. The maximum absolute atomic E-state index is 11.4. The van der Waals surface area contributed by atoms with E-state index in [9.17, 15) is 14.4 Å². The second-order valence-electron chi connectivity index (χ2n) is 4.47. The molecule has 4 N–H and O–H groups in total. The van der Waals surface area contributed by atoms with Gasteiger partial charge in [0.25, 0.3) is 0 Å². The zero-order valence-corrected chi connectivity index (χ0v) is 10.0. The van der Waals surface area contributed by atoms with Gasteiger partial charge in [-0.3, -0.25) is 4.79 Å². The fourth-order valence-corrected chi connectivity index (χ4v) is 1.67. The maximum atomic E-state index is 11.4. The largest absolute Gasteiger partial charge is 0.481 e. The smallest absolute Gasteiger partial charge is 0.326 e. The Morgan fingerprint density at radius 3 is 2.33 bits per heavy atom. The SMILES string of the molecule is O=C(O)CC[C@H](NC(=O)NCC1CCC1)C(=O)O. The first-order chi connectivity index (χ1) is 8.49. The van der Waals surface area contributed by atoms with Crippen molar-refractivity contribution in [2.45, 2.75) is 38.1 Å². The van der Waals surface area contributed by atoms with E-state index in [1.807, 2.05) is 0 Å². The lowest BCUT2D eigenvalue weighted by molar-refractivity contribution is -0.140. The van der Waals surface area contributed by atoms with Gasteiger partial charge in [-0.2, -0.15) is 0 Å². The molecule has 1 aliphatic carbocycles. The molecule has 0 heterocycles. The zero-order valence-electron chi connectivity index (χ0n) is 10.0. The highest BCUT2D eigenvalue weighted by molar-refractivity contribution is 5.82. The molecule has 0 aromatic heterocycles. The monoisotopic (exact) mass is 258 g/mol. The van der Waals surface area contributed by atoms with Gasteiger partial charge in [-0.1, -0.05) is 6.42 Å². The summed E-state index contributed by atoms with van der Waals surface area (Å²) in [5.41, 5.74) is 0. The van der Waals surface area contributed by atoms with E-state index in [0.717, 1.165) is 12.8 Å². The first-order valence-electron chi connectivity index (χ1n) is 5.98. The van der Waals surface area contributed by atoms with Crippen LogP contribution in [-0.4, -0.2) is 40.8 Å². The molecule has 7 heteroatoms. The number of amides is 2. The molecule has 2 amide bonds. The zero-order chi connectivity index (χ0) is 13.5. The summed E-state index contributed by atoms with van der Waals surface area (Å²) < 4.78 is 0. The summed E-state index contributed by atoms with van der Waals surface area (Å²) in [7, 11) is 0. The standard InChI is InChI=1S/C11H18N2O5/c14-9(15)5-4-8(10(16)17)13-11(18)12-6-7-2-1-3-7/h7-8H,1-6H2,(H,14,15)(H,16,17)(H2,12,13,18)/t8-/m0/s1. The Kier molecular flexibility index (Phi) is 5.41. The predicted molar refractivity (Wildman–Crippen MR) is 62.2 cm³/mol. The molecule has 0 unspecified atom stereocenters. The van der Waals surface area contributed by atoms with E-state index in [-0.39, 0.29) is 12.8 Å². The van der Waals surface area contributed by atoms with Gasteiger partial charge in [0.15, 0.2) is 0 Å². The highest BCUT2D eigenvalue weighted by Crippen LogP contribution is 2.24. The Hall–Kier alpha value is -1.79. The minimum atomic E-state index is -1.23. The quantitative estimate of drug-likeness (QED) is 0.527. The van der Waals surface area contributed by atoms with Crippen molar-refractivity contribution in [2.24, 2.45) is 5.92 Å². The molecule has 7 nitrogen and oxygen atoms in total. The van der Waals surface area contributed by atoms with Crippen molar-refractivity contribution in [3.8, 4) is 0 Å². The number of carbonyl (C=O) groups excluding carboxylic acids is 1. The molecule has 1 aliphatic rings.